The fourth-order valence-electron chi connectivity index (χ4n) is 5.57. The standard InChI is InChI=1S/C13H12.C10H8.C9H8.C7H8.C5H10.C5H6.12C2H6.2CH4/c1-3-7-12(8-4-1)11-13-9-5-2-6-10-13;1-2-6-10-8-4-3-7-9(10)5-1;1-2-5-9-7-3-6-8(9)4-1;1-7-5-3-2-4-6-7;2*1-2-4-5-3-1;12*1-2;;/h1-10H,11H2;1-8H;1-6H,7H2;2-6H,1H3;1-5H2;1-4H,5H2;12*1-2H3;2*1H4. The summed E-state index contributed by atoms with van der Waals surface area (Å²) in [7, 11) is 0. The number of hydrogen-bond donors (Lipinski definition) is 0. The van der Waals surface area contributed by atoms with E-state index in [0.717, 1.165) is 19.3 Å². The third-order valence-electron chi connectivity index (χ3n) is 8.29. The lowest BCUT2D eigenvalue weighted by Gasteiger charge is -2.00. The van der Waals surface area contributed by atoms with Crippen molar-refractivity contribution in [2.45, 2.75) is 239 Å². The molecule has 0 aliphatic heterocycles. The highest BCUT2D eigenvalue weighted by molar-refractivity contribution is 5.82. The maximum Gasteiger partial charge on any atom is -0.00258 e. The van der Waals surface area contributed by atoms with Gasteiger partial charge in [-0.25, -0.2) is 0 Å². The van der Waals surface area contributed by atoms with E-state index in [0.29, 0.717) is 0 Å². The predicted octanol–water partition coefficient (Wildman–Crippen LogP) is 27.4. The summed E-state index contributed by atoms with van der Waals surface area (Å²) in [5.41, 5.74) is 6.90. The van der Waals surface area contributed by atoms with Crippen LogP contribution in [0.3, 0.4) is 0 Å². The molecule has 0 saturated heterocycles. The van der Waals surface area contributed by atoms with E-state index >= 15 is 0 Å². The molecule has 0 amide bonds. The van der Waals surface area contributed by atoms with Crippen molar-refractivity contribution in [2.75, 3.05) is 0 Å². The molecule has 6 aromatic carbocycles. The van der Waals surface area contributed by atoms with Gasteiger partial charge in [-0.3, -0.25) is 0 Å². The Labute approximate surface area is 475 Å². The summed E-state index contributed by atoms with van der Waals surface area (Å²) in [6, 6.07) is 56.5. The summed E-state index contributed by atoms with van der Waals surface area (Å²) in [5.74, 6) is 0. The largest absolute Gasteiger partial charge is 0.0808 e. The van der Waals surface area contributed by atoms with E-state index in [1.807, 2.05) is 184 Å². The van der Waals surface area contributed by atoms with E-state index in [9.17, 15) is 0 Å². The fraction of sp³-hybridized carbons (Fsp3) is 0.467. The summed E-state index contributed by atoms with van der Waals surface area (Å²) in [6.45, 7) is 50.1. The third kappa shape index (κ3) is 66.8. The van der Waals surface area contributed by atoms with E-state index in [1.54, 1.807) is 0 Å². The Hall–Kier alpha value is -5.20. The Morgan fingerprint density at radius 2 is 0.560 bits per heavy atom. The molecule has 0 unspecified atom stereocenters. The second kappa shape index (κ2) is 98.0. The molecule has 1 fully saturated rings. The molecular formula is C75H132. The van der Waals surface area contributed by atoms with Gasteiger partial charge in [-0.15, -0.1) is 0 Å². The van der Waals surface area contributed by atoms with Crippen LogP contribution in [0.15, 0.2) is 194 Å². The highest BCUT2D eigenvalue weighted by atomic mass is 14.1. The van der Waals surface area contributed by atoms with Gasteiger partial charge in [0, 0.05) is 0 Å². The van der Waals surface area contributed by atoms with E-state index < -0.39 is 0 Å². The Morgan fingerprint density at radius 3 is 0.813 bits per heavy atom. The van der Waals surface area contributed by atoms with Gasteiger partial charge in [0.15, 0.2) is 0 Å². The van der Waals surface area contributed by atoms with Gasteiger partial charge in [0.2, 0.25) is 0 Å². The molecule has 0 radical (unpaired) electrons. The molecule has 3 aliphatic rings. The highest BCUT2D eigenvalue weighted by Crippen LogP contribution is 2.18. The van der Waals surface area contributed by atoms with Gasteiger partial charge in [-0.05, 0) is 59.2 Å². The van der Waals surface area contributed by atoms with Gasteiger partial charge in [-0.2, -0.15) is 0 Å². The van der Waals surface area contributed by atoms with Crippen molar-refractivity contribution >= 4 is 16.8 Å². The molecule has 9 rings (SSSR count). The van der Waals surface area contributed by atoms with Crippen LogP contribution in [-0.2, 0) is 12.8 Å². The second-order valence-electron chi connectivity index (χ2n) is 12.3. The lowest BCUT2D eigenvalue weighted by atomic mass is 10.1. The molecule has 75 heavy (non-hydrogen) atoms. The first kappa shape index (κ1) is 95.6. The van der Waals surface area contributed by atoms with E-state index in [-0.39, 0.29) is 14.9 Å². The molecule has 432 valence electrons. The molecule has 6 aromatic rings. The van der Waals surface area contributed by atoms with Crippen molar-refractivity contribution in [1.29, 1.82) is 0 Å². The molecule has 0 aromatic heterocycles. The van der Waals surface area contributed by atoms with Gasteiger partial charge in [0.25, 0.3) is 0 Å². The lowest BCUT2D eigenvalue weighted by molar-refractivity contribution is 0.886. The lowest BCUT2D eigenvalue weighted by Crippen LogP contribution is -1.85. The molecule has 3 aliphatic carbocycles. The summed E-state index contributed by atoms with van der Waals surface area (Å²) in [5, 5.41) is 2.62. The normalized spacial score (nSPS) is 9.24. The van der Waals surface area contributed by atoms with Crippen LogP contribution >= 0.6 is 0 Å². The Kier molecular flexibility index (Phi) is 125. The van der Waals surface area contributed by atoms with E-state index in [4.69, 9.17) is 0 Å². The van der Waals surface area contributed by atoms with Crippen LogP contribution < -0.4 is 0 Å². The minimum atomic E-state index is 0. The zero-order valence-corrected chi connectivity index (χ0v) is 53.2. The van der Waals surface area contributed by atoms with Crippen molar-refractivity contribution < 1.29 is 0 Å². The predicted molar refractivity (Wildman–Crippen MR) is 366 cm³/mol. The van der Waals surface area contributed by atoms with Crippen LogP contribution in [0.2, 0.25) is 0 Å². The van der Waals surface area contributed by atoms with Crippen LogP contribution in [0.25, 0.3) is 16.8 Å². The van der Waals surface area contributed by atoms with Crippen molar-refractivity contribution in [1.82, 2.24) is 0 Å². The first-order valence-electron chi connectivity index (χ1n) is 29.9. The van der Waals surface area contributed by atoms with Crippen LogP contribution in [0.4, 0.5) is 0 Å². The van der Waals surface area contributed by atoms with Crippen molar-refractivity contribution in [3.8, 4) is 0 Å². The molecule has 0 atom stereocenters. The number of fused-ring (bicyclic) bond motifs is 2. The minimum absolute atomic E-state index is 0. The van der Waals surface area contributed by atoms with Crippen LogP contribution in [0.1, 0.15) is 247 Å². The van der Waals surface area contributed by atoms with Crippen LogP contribution in [-0.4, -0.2) is 0 Å². The monoisotopic (exact) mass is 1030 g/mol. The van der Waals surface area contributed by atoms with Crippen LogP contribution in [0, 0.1) is 6.92 Å². The average Bonchev–Trinajstić information content (AvgIpc) is 4.40. The summed E-state index contributed by atoms with van der Waals surface area (Å²) >= 11 is 0. The zero-order valence-electron chi connectivity index (χ0n) is 53.2. The Balaban J connectivity index is -0.0000000680. The third-order valence-corrected chi connectivity index (χ3v) is 8.29. The quantitative estimate of drug-likeness (QED) is 0.162. The maximum absolute atomic E-state index is 2.20. The molecule has 0 bridgehead atoms. The first-order valence-corrected chi connectivity index (χ1v) is 29.9. The number of rotatable bonds is 2. The van der Waals surface area contributed by atoms with E-state index in [1.165, 1.54) is 70.7 Å². The molecule has 0 heterocycles. The molecule has 0 nitrogen and oxygen atoms in total. The molecule has 0 heteroatoms. The molecular weight excluding hydrogens is 901 g/mol. The van der Waals surface area contributed by atoms with Gasteiger partial charge < -0.3 is 0 Å². The highest BCUT2D eigenvalue weighted by Gasteiger charge is 2.00. The maximum atomic E-state index is 2.20. The van der Waals surface area contributed by atoms with E-state index in [2.05, 4.69) is 189 Å². The summed E-state index contributed by atoms with van der Waals surface area (Å²) in [6.07, 6.45) is 23.5. The number of aryl methyl sites for hydroxylation is 1. The summed E-state index contributed by atoms with van der Waals surface area (Å²) < 4.78 is 0. The fourth-order valence-corrected chi connectivity index (χ4v) is 5.57. The van der Waals surface area contributed by atoms with Crippen LogP contribution in [0.5, 0.6) is 0 Å². The van der Waals surface area contributed by atoms with Crippen molar-refractivity contribution in [3.63, 3.8) is 0 Å². The SMILES string of the molecule is C.C.C1=CCC=C1.C1=Cc2ccccc2C1.C1CCCC1.CC.CC.CC.CC.CC.CC.CC.CC.CC.CC.CC.CC.Cc1ccccc1.c1ccc(Cc2ccccc2)cc1.c1ccc2ccccc2c1. The van der Waals surface area contributed by atoms with Crippen molar-refractivity contribution in [3.05, 3.63) is 222 Å². The number of allylic oxidation sites excluding steroid dienone is 5. The zero-order chi connectivity index (χ0) is 58.0. The second-order valence-corrected chi connectivity index (χ2v) is 12.3. The van der Waals surface area contributed by atoms with Gasteiger partial charge in [-0.1, -0.05) is 419 Å². The Bertz CT molecular complexity index is 1670. The van der Waals surface area contributed by atoms with Crippen molar-refractivity contribution in [2.24, 2.45) is 0 Å². The first-order chi connectivity index (χ1) is 36.3. The summed E-state index contributed by atoms with van der Waals surface area (Å²) in [4.78, 5) is 0. The minimum Gasteiger partial charge on any atom is -0.0808 e. The smallest absolute Gasteiger partial charge is 0.00258 e. The molecule has 0 N–H and O–H groups in total. The van der Waals surface area contributed by atoms with Gasteiger partial charge in [0.1, 0.15) is 0 Å². The Morgan fingerprint density at radius 1 is 0.293 bits per heavy atom. The van der Waals surface area contributed by atoms with Gasteiger partial charge in [0.05, 0.1) is 0 Å². The topological polar surface area (TPSA) is 0 Å². The molecule has 0 spiro atoms. The van der Waals surface area contributed by atoms with Gasteiger partial charge >= 0.3 is 0 Å². The number of benzene rings is 6. The number of hydrogen-bond acceptors (Lipinski definition) is 0. The average molecular weight is 1030 g/mol. The molecule has 1 saturated carbocycles.